The van der Waals surface area contributed by atoms with Gasteiger partial charge < -0.3 is 25.2 Å². The molecule has 55 heavy (non-hydrogen) atoms. The van der Waals surface area contributed by atoms with Crippen molar-refractivity contribution < 1.29 is 47.5 Å². The molecular formula is C43H84NO10P. The number of phosphoric ester groups is 1. The topological polar surface area (TPSA) is 172 Å². The summed E-state index contributed by atoms with van der Waals surface area (Å²) < 4.78 is 32.7. The number of carboxylic acids is 1. The van der Waals surface area contributed by atoms with Crippen LogP contribution in [0.1, 0.15) is 226 Å². The van der Waals surface area contributed by atoms with Gasteiger partial charge in [0.2, 0.25) is 0 Å². The van der Waals surface area contributed by atoms with Gasteiger partial charge in [-0.3, -0.25) is 23.4 Å². The molecule has 0 fully saturated rings. The molecule has 0 saturated heterocycles. The van der Waals surface area contributed by atoms with E-state index in [0.717, 1.165) is 38.5 Å². The number of aliphatic carboxylic acids is 1. The van der Waals surface area contributed by atoms with Gasteiger partial charge in [0.05, 0.1) is 13.2 Å². The lowest BCUT2D eigenvalue weighted by atomic mass is 10.0. The molecule has 0 rings (SSSR count). The van der Waals surface area contributed by atoms with Crippen LogP contribution >= 0.6 is 7.82 Å². The molecule has 0 aliphatic rings. The van der Waals surface area contributed by atoms with E-state index in [9.17, 15) is 23.8 Å². The molecule has 0 amide bonds. The van der Waals surface area contributed by atoms with Crippen molar-refractivity contribution in [1.82, 2.24) is 0 Å². The van der Waals surface area contributed by atoms with Crippen LogP contribution in [0, 0.1) is 0 Å². The average molecular weight is 806 g/mol. The van der Waals surface area contributed by atoms with E-state index in [1.807, 2.05) is 0 Å². The Balaban J connectivity index is 4.26. The zero-order chi connectivity index (χ0) is 40.7. The summed E-state index contributed by atoms with van der Waals surface area (Å²) in [6.45, 7) is 2.83. The van der Waals surface area contributed by atoms with Crippen LogP contribution in [0.2, 0.25) is 0 Å². The van der Waals surface area contributed by atoms with Crippen LogP contribution in [0.5, 0.6) is 0 Å². The summed E-state index contributed by atoms with van der Waals surface area (Å²) in [6, 6.07) is -1.52. The van der Waals surface area contributed by atoms with Gasteiger partial charge in [0.15, 0.2) is 6.10 Å². The summed E-state index contributed by atoms with van der Waals surface area (Å²) in [7, 11) is -4.71. The molecule has 3 unspecified atom stereocenters. The minimum atomic E-state index is -4.71. The molecule has 0 radical (unpaired) electrons. The van der Waals surface area contributed by atoms with Crippen molar-refractivity contribution in [2.45, 2.75) is 238 Å². The molecule has 326 valence electrons. The maximum atomic E-state index is 12.6. The standard InChI is InChI=1S/C43H84NO10P/c1-3-5-7-9-11-13-15-17-18-19-20-21-22-23-25-27-29-31-33-35-42(46)54-39(37-52-55(49,50)53-38-40(44)43(47)48)36-51-41(45)34-32-30-28-26-24-16-14-12-10-8-6-4-2/h39-40H,3-38,44H2,1-2H3,(H,47,48)(H,49,50). The Kier molecular flexibility index (Phi) is 38.2. The smallest absolute Gasteiger partial charge is 0.472 e. The summed E-state index contributed by atoms with van der Waals surface area (Å²) >= 11 is 0. The lowest BCUT2D eigenvalue weighted by Gasteiger charge is -2.20. The van der Waals surface area contributed by atoms with Crippen LogP contribution in [-0.4, -0.2) is 59.9 Å². The highest BCUT2D eigenvalue weighted by Crippen LogP contribution is 2.43. The van der Waals surface area contributed by atoms with E-state index in [1.54, 1.807) is 0 Å². The minimum absolute atomic E-state index is 0.170. The van der Waals surface area contributed by atoms with E-state index in [-0.39, 0.29) is 19.4 Å². The average Bonchev–Trinajstić information content (AvgIpc) is 3.16. The van der Waals surface area contributed by atoms with Crippen molar-refractivity contribution in [1.29, 1.82) is 0 Å². The Bertz CT molecular complexity index is 952. The number of carbonyl (C=O) groups excluding carboxylic acids is 2. The normalized spacial score (nSPS) is 13.7. The molecule has 0 aromatic heterocycles. The monoisotopic (exact) mass is 806 g/mol. The molecule has 0 heterocycles. The highest BCUT2D eigenvalue weighted by Gasteiger charge is 2.28. The molecule has 3 atom stereocenters. The van der Waals surface area contributed by atoms with E-state index < -0.39 is 51.1 Å². The molecule has 0 aliphatic carbocycles. The molecule has 4 N–H and O–H groups in total. The number of rotatable bonds is 43. The summed E-state index contributed by atoms with van der Waals surface area (Å²) in [5, 5.41) is 8.88. The van der Waals surface area contributed by atoms with Gasteiger partial charge in [0, 0.05) is 12.8 Å². The second kappa shape index (κ2) is 39.3. The van der Waals surface area contributed by atoms with E-state index in [1.165, 1.54) is 148 Å². The van der Waals surface area contributed by atoms with E-state index in [2.05, 4.69) is 18.4 Å². The highest BCUT2D eigenvalue weighted by molar-refractivity contribution is 7.47. The van der Waals surface area contributed by atoms with Crippen LogP contribution in [0.4, 0.5) is 0 Å². The Morgan fingerprint density at radius 2 is 0.800 bits per heavy atom. The molecule has 0 saturated carbocycles. The molecular weight excluding hydrogens is 721 g/mol. The van der Waals surface area contributed by atoms with Crippen LogP contribution in [0.15, 0.2) is 0 Å². The maximum Gasteiger partial charge on any atom is 0.472 e. The zero-order valence-electron chi connectivity index (χ0n) is 35.3. The van der Waals surface area contributed by atoms with Gasteiger partial charge in [-0.05, 0) is 12.8 Å². The first kappa shape index (κ1) is 53.5. The maximum absolute atomic E-state index is 12.6. The van der Waals surface area contributed by atoms with Crippen LogP contribution in [-0.2, 0) is 37.5 Å². The van der Waals surface area contributed by atoms with E-state index in [0.29, 0.717) is 12.8 Å². The van der Waals surface area contributed by atoms with Crippen molar-refractivity contribution in [2.75, 3.05) is 19.8 Å². The Labute approximate surface area is 335 Å². The number of hydrogen-bond acceptors (Lipinski definition) is 9. The van der Waals surface area contributed by atoms with Crippen LogP contribution in [0.3, 0.4) is 0 Å². The summed E-state index contributed by atoms with van der Waals surface area (Å²) in [5.74, 6) is -2.36. The zero-order valence-corrected chi connectivity index (χ0v) is 36.2. The van der Waals surface area contributed by atoms with Crippen molar-refractivity contribution in [3.8, 4) is 0 Å². The third-order valence-corrected chi connectivity index (χ3v) is 11.1. The van der Waals surface area contributed by atoms with Gasteiger partial charge in [-0.2, -0.15) is 0 Å². The van der Waals surface area contributed by atoms with Crippen molar-refractivity contribution in [2.24, 2.45) is 5.73 Å². The number of ether oxygens (including phenoxy) is 2. The fourth-order valence-corrected chi connectivity index (χ4v) is 7.32. The quantitative estimate of drug-likeness (QED) is 0.0304. The first-order chi connectivity index (χ1) is 26.6. The lowest BCUT2D eigenvalue weighted by Crippen LogP contribution is -2.34. The summed E-state index contributed by atoms with van der Waals surface area (Å²) in [4.78, 5) is 45.9. The highest BCUT2D eigenvalue weighted by atomic mass is 31.2. The Morgan fingerprint density at radius 3 is 1.15 bits per heavy atom. The molecule has 0 aromatic rings. The van der Waals surface area contributed by atoms with Crippen molar-refractivity contribution in [3.63, 3.8) is 0 Å². The first-order valence-electron chi connectivity index (χ1n) is 22.6. The van der Waals surface area contributed by atoms with Gasteiger partial charge in [0.25, 0.3) is 0 Å². The lowest BCUT2D eigenvalue weighted by molar-refractivity contribution is -0.161. The molecule has 0 bridgehead atoms. The van der Waals surface area contributed by atoms with E-state index in [4.69, 9.17) is 24.8 Å². The first-order valence-corrected chi connectivity index (χ1v) is 24.1. The number of nitrogens with two attached hydrogens (primary N) is 1. The van der Waals surface area contributed by atoms with Gasteiger partial charge in [-0.1, -0.05) is 200 Å². The molecule has 0 aliphatic heterocycles. The Hall–Kier alpha value is -1.52. The number of carboxylic acid groups (broad SMARTS) is 1. The number of hydrogen-bond donors (Lipinski definition) is 3. The predicted molar refractivity (Wildman–Crippen MR) is 222 cm³/mol. The molecule has 0 spiro atoms. The number of unbranched alkanes of at least 4 members (excludes halogenated alkanes) is 29. The fourth-order valence-electron chi connectivity index (χ4n) is 6.54. The van der Waals surface area contributed by atoms with Crippen LogP contribution < -0.4 is 5.73 Å². The second-order valence-corrected chi connectivity index (χ2v) is 17.0. The van der Waals surface area contributed by atoms with Gasteiger partial charge in [-0.25, -0.2) is 4.57 Å². The number of carbonyl (C=O) groups is 3. The van der Waals surface area contributed by atoms with Crippen LogP contribution in [0.25, 0.3) is 0 Å². The predicted octanol–water partition coefficient (Wildman–Crippen LogP) is 11.9. The molecule has 12 heteroatoms. The van der Waals surface area contributed by atoms with E-state index >= 15 is 0 Å². The number of esters is 2. The molecule has 11 nitrogen and oxygen atoms in total. The third kappa shape index (κ3) is 39.1. The number of phosphoric acid groups is 1. The van der Waals surface area contributed by atoms with Gasteiger partial charge in [0.1, 0.15) is 12.6 Å². The largest absolute Gasteiger partial charge is 0.480 e. The second-order valence-electron chi connectivity index (χ2n) is 15.6. The molecule has 0 aromatic carbocycles. The third-order valence-electron chi connectivity index (χ3n) is 10.1. The van der Waals surface area contributed by atoms with Crippen molar-refractivity contribution >= 4 is 25.7 Å². The fraction of sp³-hybridized carbons (Fsp3) is 0.930. The van der Waals surface area contributed by atoms with Gasteiger partial charge in [-0.15, -0.1) is 0 Å². The van der Waals surface area contributed by atoms with Gasteiger partial charge >= 0.3 is 25.7 Å². The van der Waals surface area contributed by atoms with Crippen molar-refractivity contribution in [3.05, 3.63) is 0 Å². The summed E-state index contributed by atoms with van der Waals surface area (Å²) in [6.07, 6.45) is 37.4. The minimum Gasteiger partial charge on any atom is -0.480 e. The summed E-state index contributed by atoms with van der Waals surface area (Å²) in [5.41, 5.74) is 5.33. The SMILES string of the molecule is CCCCCCCCCCCCCCCCCCCCCC(=O)OC(COC(=O)CCCCCCCCCCCCCC)COP(=O)(O)OCC(N)C(=O)O. The Morgan fingerprint density at radius 1 is 0.491 bits per heavy atom.